The molecule has 0 aliphatic carbocycles. The molecule has 1 aliphatic rings. The van der Waals surface area contributed by atoms with Gasteiger partial charge in [-0.2, -0.15) is 8.78 Å². The second-order valence-electron chi connectivity index (χ2n) is 7.85. The first-order chi connectivity index (χ1) is 17.1. The van der Waals surface area contributed by atoms with Crippen molar-refractivity contribution >= 4 is 24.1 Å². The first-order valence-corrected chi connectivity index (χ1v) is 11.3. The lowest BCUT2D eigenvalue weighted by atomic mass is 10.0. The molecule has 2 aromatic rings. The maximum atomic E-state index is 14.4. The van der Waals surface area contributed by atoms with E-state index in [-0.39, 0.29) is 37.9 Å². The Morgan fingerprint density at radius 2 is 1.78 bits per heavy atom. The highest BCUT2D eigenvalue weighted by atomic mass is 19.3. The monoisotopic (exact) mass is 509 g/mol. The number of rotatable bonds is 9. The van der Waals surface area contributed by atoms with Gasteiger partial charge in [0.15, 0.2) is 0 Å². The Labute approximate surface area is 205 Å². The first kappa shape index (κ1) is 28.5. The third-order valence-electron chi connectivity index (χ3n) is 5.56. The number of alkyl halides is 2. The average Bonchev–Trinajstić information content (AvgIpc) is 3.18. The summed E-state index contributed by atoms with van der Waals surface area (Å²) in [5.74, 6) is -10.1. The summed E-state index contributed by atoms with van der Waals surface area (Å²) < 4.78 is 56.2. The van der Waals surface area contributed by atoms with Crippen molar-refractivity contribution in [2.75, 3.05) is 0 Å². The lowest BCUT2D eigenvalue weighted by Crippen LogP contribution is -2.39. The van der Waals surface area contributed by atoms with Crippen LogP contribution in [0.2, 0.25) is 0 Å². The summed E-state index contributed by atoms with van der Waals surface area (Å²) in [6.07, 6.45) is 0.658. The van der Waals surface area contributed by atoms with E-state index in [9.17, 15) is 36.7 Å². The summed E-state index contributed by atoms with van der Waals surface area (Å²) in [6, 6.07) is 6.43. The van der Waals surface area contributed by atoms with E-state index >= 15 is 0 Å². The minimum absolute atomic E-state index is 0.0497. The average molecular weight is 510 g/mol. The van der Waals surface area contributed by atoms with E-state index in [2.05, 4.69) is 0 Å². The van der Waals surface area contributed by atoms with Crippen LogP contribution in [0.15, 0.2) is 36.4 Å². The number of benzene rings is 2. The van der Waals surface area contributed by atoms with Crippen LogP contribution in [0, 0.1) is 11.6 Å². The fraction of sp³-hybridized carbons (Fsp3) is 0.360. The molecule has 0 bridgehead atoms. The number of amides is 4. The van der Waals surface area contributed by atoms with Crippen molar-refractivity contribution in [3.8, 4) is 0 Å². The van der Waals surface area contributed by atoms with Crippen molar-refractivity contribution in [2.24, 2.45) is 0 Å². The number of carbonyl (C=O) groups is 4. The van der Waals surface area contributed by atoms with Crippen molar-refractivity contribution in [3.05, 3.63) is 70.3 Å². The van der Waals surface area contributed by atoms with Gasteiger partial charge in [-0.25, -0.2) is 8.78 Å². The number of hydrogen-bond donors (Lipinski definition) is 2. The molecule has 0 saturated carbocycles. The standard InChI is InChI=1S/C23H21F4N3O4.C2H6/c1-13(5-8-19(32)29-12-31)30-11-15-9-14(6-7-16(15)21(30)33)10-28-22(34)23(26,27)20-17(24)3-2-4-18(20)25;1-2/h2-4,6-7,9,12-13H,5,8,10-11H2,1H3,(H,28,34)(H,29,31,32);1-2H3. The normalized spacial score (nSPS) is 13.3. The predicted molar refractivity (Wildman–Crippen MR) is 123 cm³/mol. The smallest absolute Gasteiger partial charge is 0.346 e. The zero-order chi connectivity index (χ0) is 27.0. The highest BCUT2D eigenvalue weighted by Crippen LogP contribution is 2.33. The van der Waals surface area contributed by atoms with Crippen LogP contribution in [-0.4, -0.2) is 35.1 Å². The Morgan fingerprint density at radius 3 is 2.39 bits per heavy atom. The lowest BCUT2D eigenvalue weighted by Gasteiger charge is -2.23. The molecule has 36 heavy (non-hydrogen) atoms. The molecule has 4 amide bonds. The molecule has 0 saturated heterocycles. The van der Waals surface area contributed by atoms with E-state index in [1.807, 2.05) is 24.5 Å². The number of nitrogens with zero attached hydrogens (tertiary/aromatic N) is 1. The molecule has 1 heterocycles. The lowest BCUT2D eigenvalue weighted by molar-refractivity contribution is -0.148. The number of nitrogens with one attached hydrogen (secondary N) is 2. The molecule has 2 N–H and O–H groups in total. The van der Waals surface area contributed by atoms with E-state index in [0.29, 0.717) is 35.2 Å². The van der Waals surface area contributed by atoms with Crippen LogP contribution >= 0.6 is 0 Å². The van der Waals surface area contributed by atoms with E-state index < -0.39 is 34.9 Å². The third-order valence-corrected chi connectivity index (χ3v) is 5.56. The van der Waals surface area contributed by atoms with Gasteiger partial charge in [0, 0.05) is 31.1 Å². The number of imide groups is 1. The largest absolute Gasteiger partial charge is 0.355 e. The van der Waals surface area contributed by atoms with Gasteiger partial charge in [-0.3, -0.25) is 24.5 Å². The Hall–Kier alpha value is -3.76. The molecule has 1 atom stereocenters. The van der Waals surface area contributed by atoms with Gasteiger partial charge in [-0.05, 0) is 42.7 Å². The van der Waals surface area contributed by atoms with Crippen LogP contribution in [0.1, 0.15) is 60.7 Å². The van der Waals surface area contributed by atoms with Crippen molar-refractivity contribution in [3.63, 3.8) is 0 Å². The predicted octanol–water partition coefficient (Wildman–Crippen LogP) is 3.80. The molecule has 0 fully saturated rings. The topological polar surface area (TPSA) is 95.6 Å². The second-order valence-corrected chi connectivity index (χ2v) is 7.85. The Kier molecular flexibility index (Phi) is 9.71. The molecule has 0 radical (unpaired) electrons. The minimum atomic E-state index is -4.43. The zero-order valence-corrected chi connectivity index (χ0v) is 20.0. The van der Waals surface area contributed by atoms with Gasteiger partial charge in [0.05, 0.1) is 0 Å². The molecule has 1 unspecified atom stereocenters. The van der Waals surface area contributed by atoms with Crippen LogP contribution in [0.3, 0.4) is 0 Å². The van der Waals surface area contributed by atoms with Gasteiger partial charge in [-0.1, -0.05) is 32.0 Å². The summed E-state index contributed by atoms with van der Waals surface area (Å²) >= 11 is 0. The molecular weight excluding hydrogens is 482 g/mol. The Bertz CT molecular complexity index is 1120. The van der Waals surface area contributed by atoms with Gasteiger partial charge >= 0.3 is 5.92 Å². The van der Waals surface area contributed by atoms with Crippen molar-refractivity contribution in [1.29, 1.82) is 0 Å². The van der Waals surface area contributed by atoms with Crippen LogP contribution in [0.25, 0.3) is 0 Å². The van der Waals surface area contributed by atoms with Crippen LogP contribution in [0.5, 0.6) is 0 Å². The molecule has 3 rings (SSSR count). The minimum Gasteiger partial charge on any atom is -0.346 e. The van der Waals surface area contributed by atoms with E-state index in [1.54, 1.807) is 13.0 Å². The molecule has 0 aromatic heterocycles. The fourth-order valence-corrected chi connectivity index (χ4v) is 3.70. The third kappa shape index (κ3) is 6.27. The Morgan fingerprint density at radius 1 is 1.14 bits per heavy atom. The fourth-order valence-electron chi connectivity index (χ4n) is 3.70. The molecule has 11 heteroatoms. The van der Waals surface area contributed by atoms with Crippen LogP contribution in [0.4, 0.5) is 17.6 Å². The molecule has 194 valence electrons. The zero-order valence-electron chi connectivity index (χ0n) is 20.0. The maximum absolute atomic E-state index is 14.4. The molecular formula is C25H27F4N3O4. The summed E-state index contributed by atoms with van der Waals surface area (Å²) in [5.41, 5.74) is -0.214. The van der Waals surface area contributed by atoms with Gasteiger partial charge < -0.3 is 10.2 Å². The molecule has 1 aliphatic heterocycles. The highest BCUT2D eigenvalue weighted by molar-refractivity contribution is 5.98. The number of halogens is 4. The van der Waals surface area contributed by atoms with Crippen LogP contribution in [-0.2, 0) is 33.4 Å². The summed E-state index contributed by atoms with van der Waals surface area (Å²) in [7, 11) is 0. The van der Waals surface area contributed by atoms with Crippen molar-refractivity contribution < 1.29 is 36.7 Å². The number of hydrogen-bond acceptors (Lipinski definition) is 4. The number of fused-ring (bicyclic) bond motifs is 1. The van der Waals surface area contributed by atoms with Gasteiger partial charge in [0.2, 0.25) is 12.3 Å². The van der Waals surface area contributed by atoms with E-state index in [4.69, 9.17) is 0 Å². The molecule has 0 spiro atoms. The van der Waals surface area contributed by atoms with E-state index in [1.165, 1.54) is 17.0 Å². The van der Waals surface area contributed by atoms with Crippen molar-refractivity contribution in [2.45, 2.75) is 58.7 Å². The summed E-state index contributed by atoms with van der Waals surface area (Å²) in [6.45, 7) is 5.61. The maximum Gasteiger partial charge on any atom is 0.355 e. The molecule has 2 aromatic carbocycles. The Balaban J connectivity index is 0.00000222. The molecule has 7 nitrogen and oxygen atoms in total. The second kappa shape index (κ2) is 12.3. The van der Waals surface area contributed by atoms with Gasteiger partial charge in [-0.15, -0.1) is 0 Å². The van der Waals surface area contributed by atoms with Crippen molar-refractivity contribution in [1.82, 2.24) is 15.5 Å². The van der Waals surface area contributed by atoms with E-state index in [0.717, 1.165) is 6.07 Å². The highest BCUT2D eigenvalue weighted by Gasteiger charge is 2.45. The summed E-state index contributed by atoms with van der Waals surface area (Å²) in [5, 5.41) is 4.00. The quantitative estimate of drug-likeness (QED) is 0.397. The van der Waals surface area contributed by atoms with Crippen LogP contribution < -0.4 is 10.6 Å². The SMILES string of the molecule is CC.CC(CCC(=O)NC=O)N1Cc2cc(CNC(=O)C(F)(F)c3c(F)cccc3F)ccc2C1=O. The number of carbonyl (C=O) groups excluding carboxylic acids is 4. The first-order valence-electron chi connectivity index (χ1n) is 11.3. The summed E-state index contributed by atoms with van der Waals surface area (Å²) in [4.78, 5) is 48.0. The van der Waals surface area contributed by atoms with Gasteiger partial charge in [0.25, 0.3) is 11.8 Å². The van der Waals surface area contributed by atoms with Gasteiger partial charge in [0.1, 0.15) is 17.2 Å².